The molecule has 0 bridgehead atoms. The van der Waals surface area contributed by atoms with Gasteiger partial charge in [-0.1, -0.05) is 18.2 Å². The molecule has 0 aliphatic heterocycles. The predicted molar refractivity (Wildman–Crippen MR) is 112 cm³/mol. The van der Waals surface area contributed by atoms with E-state index >= 15 is 0 Å². The maximum atomic E-state index is 13.0. The van der Waals surface area contributed by atoms with Gasteiger partial charge in [-0.15, -0.1) is 11.3 Å². The van der Waals surface area contributed by atoms with Gasteiger partial charge in [-0.25, -0.2) is 12.7 Å². The van der Waals surface area contributed by atoms with Crippen LogP contribution in [0.25, 0.3) is 5.00 Å². The molecule has 2 aromatic heterocycles. The fourth-order valence-electron chi connectivity index (χ4n) is 2.89. The van der Waals surface area contributed by atoms with E-state index in [1.165, 1.54) is 18.4 Å². The van der Waals surface area contributed by atoms with E-state index in [0.29, 0.717) is 11.1 Å². The number of benzene rings is 1. The van der Waals surface area contributed by atoms with Crippen molar-refractivity contribution < 1.29 is 13.2 Å². The summed E-state index contributed by atoms with van der Waals surface area (Å²) in [6.45, 7) is 4.04. The molecule has 0 aliphatic rings. The number of nitrogens with zero attached hydrogens (tertiary/aromatic N) is 2. The summed E-state index contributed by atoms with van der Waals surface area (Å²) in [5.41, 5.74) is 2.10. The number of amides is 1. The molecule has 0 saturated carbocycles. The monoisotopic (exact) mass is 417 g/mol. The molecule has 1 amide bonds. The summed E-state index contributed by atoms with van der Waals surface area (Å²) in [7, 11) is -0.605. The van der Waals surface area contributed by atoms with E-state index in [1.807, 2.05) is 42.9 Å². The predicted octanol–water partition coefficient (Wildman–Crippen LogP) is 3.34. The van der Waals surface area contributed by atoms with Crippen LogP contribution in [-0.4, -0.2) is 37.3 Å². The minimum absolute atomic E-state index is 0.127. The lowest BCUT2D eigenvalue weighted by Crippen LogP contribution is -2.27. The molecule has 3 aromatic rings. The van der Waals surface area contributed by atoms with Crippen molar-refractivity contribution >= 4 is 27.3 Å². The molecule has 3 rings (SSSR count). The highest BCUT2D eigenvalue weighted by atomic mass is 32.2. The van der Waals surface area contributed by atoms with Gasteiger partial charge < -0.3 is 9.88 Å². The first-order valence-corrected chi connectivity index (χ1v) is 11.0. The molecule has 148 valence electrons. The van der Waals surface area contributed by atoms with Crippen molar-refractivity contribution in [1.29, 1.82) is 0 Å². The van der Waals surface area contributed by atoms with Gasteiger partial charge in [0.1, 0.15) is 5.00 Å². The summed E-state index contributed by atoms with van der Waals surface area (Å²) in [6.07, 6.45) is 3.81. The highest BCUT2D eigenvalue weighted by Gasteiger charge is 2.23. The Balaban J connectivity index is 1.90. The van der Waals surface area contributed by atoms with Crippen LogP contribution in [0.15, 0.2) is 53.7 Å². The van der Waals surface area contributed by atoms with Gasteiger partial charge in [0.25, 0.3) is 5.91 Å². The van der Waals surface area contributed by atoms with Gasteiger partial charge in [0.2, 0.25) is 10.0 Å². The van der Waals surface area contributed by atoms with Crippen LogP contribution in [0.4, 0.5) is 0 Å². The van der Waals surface area contributed by atoms with Crippen molar-refractivity contribution in [3.05, 3.63) is 70.4 Å². The van der Waals surface area contributed by atoms with Crippen LogP contribution in [-0.2, 0) is 16.6 Å². The zero-order valence-electron chi connectivity index (χ0n) is 16.3. The SMILES string of the molecule is Cc1sc(-n2cccc2)c(C(=O)NCc2ccccc2S(=O)(=O)N(C)C)c1C. The Bertz CT molecular complexity index is 1100. The van der Waals surface area contributed by atoms with Crippen molar-refractivity contribution in [3.63, 3.8) is 0 Å². The number of rotatable bonds is 6. The van der Waals surface area contributed by atoms with Crippen LogP contribution in [0, 0.1) is 13.8 Å². The number of carbonyl (C=O) groups is 1. The topological polar surface area (TPSA) is 71.4 Å². The van der Waals surface area contributed by atoms with E-state index in [-0.39, 0.29) is 17.3 Å². The van der Waals surface area contributed by atoms with Crippen LogP contribution in [0.1, 0.15) is 26.4 Å². The highest BCUT2D eigenvalue weighted by Crippen LogP contribution is 2.31. The average Bonchev–Trinajstić information content (AvgIpc) is 3.28. The third-order valence-corrected chi connectivity index (χ3v) is 7.74. The minimum Gasteiger partial charge on any atom is -0.348 e. The summed E-state index contributed by atoms with van der Waals surface area (Å²) in [5.74, 6) is -0.220. The van der Waals surface area contributed by atoms with E-state index in [0.717, 1.165) is 15.4 Å². The second-order valence-corrected chi connectivity index (χ2v) is 9.95. The standard InChI is InChI=1S/C20H23N3O3S2/c1-14-15(2)27-20(23-11-7-8-12-23)18(14)19(24)21-13-16-9-5-6-10-17(16)28(25,26)22(3)4/h5-12H,13H2,1-4H3,(H,21,24). The summed E-state index contributed by atoms with van der Waals surface area (Å²) >= 11 is 1.56. The third-order valence-electron chi connectivity index (χ3n) is 4.60. The molecular formula is C20H23N3O3S2. The van der Waals surface area contributed by atoms with Gasteiger partial charge in [0, 0.05) is 37.9 Å². The number of thiophene rings is 1. The van der Waals surface area contributed by atoms with E-state index < -0.39 is 10.0 Å². The number of carbonyl (C=O) groups excluding carboxylic acids is 1. The summed E-state index contributed by atoms with van der Waals surface area (Å²) in [5, 5.41) is 3.75. The molecule has 0 saturated heterocycles. The first-order chi connectivity index (χ1) is 13.2. The molecule has 0 atom stereocenters. The van der Waals surface area contributed by atoms with Crippen molar-refractivity contribution in [3.8, 4) is 5.00 Å². The van der Waals surface area contributed by atoms with Crippen LogP contribution in [0.3, 0.4) is 0 Å². The first-order valence-electron chi connectivity index (χ1n) is 8.75. The van der Waals surface area contributed by atoms with Crippen LogP contribution < -0.4 is 5.32 Å². The lowest BCUT2D eigenvalue weighted by Gasteiger charge is -2.15. The molecule has 8 heteroatoms. The van der Waals surface area contributed by atoms with Gasteiger partial charge >= 0.3 is 0 Å². The maximum absolute atomic E-state index is 13.0. The summed E-state index contributed by atoms with van der Waals surface area (Å²) in [6, 6.07) is 10.5. The number of aryl methyl sites for hydroxylation is 1. The molecule has 0 unspecified atom stereocenters. The number of aromatic nitrogens is 1. The molecule has 6 nitrogen and oxygen atoms in total. The van der Waals surface area contributed by atoms with Crippen molar-refractivity contribution in [2.24, 2.45) is 0 Å². The van der Waals surface area contributed by atoms with Gasteiger partial charge in [-0.2, -0.15) is 0 Å². The first kappa shape index (κ1) is 20.3. The minimum atomic E-state index is -3.59. The average molecular weight is 418 g/mol. The van der Waals surface area contributed by atoms with Gasteiger partial charge in [-0.3, -0.25) is 4.79 Å². The third kappa shape index (κ3) is 3.76. The number of hydrogen-bond donors (Lipinski definition) is 1. The Kier molecular flexibility index (Phi) is 5.74. The Labute approximate surface area is 169 Å². The number of sulfonamides is 1. The fourth-order valence-corrected chi connectivity index (χ4v) is 5.13. The van der Waals surface area contributed by atoms with Crippen LogP contribution in [0.2, 0.25) is 0 Å². The molecule has 0 aliphatic carbocycles. The van der Waals surface area contributed by atoms with E-state index in [4.69, 9.17) is 0 Å². The van der Waals surface area contributed by atoms with Gasteiger partial charge in [-0.05, 0) is 43.2 Å². The van der Waals surface area contributed by atoms with Gasteiger partial charge in [0.05, 0.1) is 10.5 Å². The fraction of sp³-hybridized carbons (Fsp3) is 0.250. The molecule has 1 aromatic carbocycles. The normalized spacial score (nSPS) is 11.8. The van der Waals surface area contributed by atoms with E-state index in [1.54, 1.807) is 35.6 Å². The Morgan fingerprint density at radius 1 is 1.11 bits per heavy atom. The molecular weight excluding hydrogens is 394 g/mol. The zero-order chi connectivity index (χ0) is 20.5. The zero-order valence-corrected chi connectivity index (χ0v) is 17.9. The molecule has 28 heavy (non-hydrogen) atoms. The number of hydrogen-bond acceptors (Lipinski definition) is 4. The maximum Gasteiger partial charge on any atom is 0.254 e. The molecule has 1 N–H and O–H groups in total. The van der Waals surface area contributed by atoms with E-state index in [9.17, 15) is 13.2 Å². The Hall–Kier alpha value is -2.42. The Morgan fingerprint density at radius 2 is 1.75 bits per heavy atom. The summed E-state index contributed by atoms with van der Waals surface area (Å²) in [4.78, 5) is 14.3. The van der Waals surface area contributed by atoms with Gasteiger partial charge in [0.15, 0.2) is 0 Å². The smallest absolute Gasteiger partial charge is 0.254 e. The van der Waals surface area contributed by atoms with Crippen LogP contribution >= 0.6 is 11.3 Å². The molecule has 0 fully saturated rings. The molecule has 0 radical (unpaired) electrons. The van der Waals surface area contributed by atoms with E-state index in [2.05, 4.69) is 5.32 Å². The van der Waals surface area contributed by atoms with Crippen molar-refractivity contribution in [2.75, 3.05) is 14.1 Å². The van der Waals surface area contributed by atoms with Crippen molar-refractivity contribution in [2.45, 2.75) is 25.3 Å². The second-order valence-electron chi connectivity index (χ2n) is 6.63. The largest absolute Gasteiger partial charge is 0.348 e. The molecule has 2 heterocycles. The number of nitrogens with one attached hydrogen (secondary N) is 1. The lowest BCUT2D eigenvalue weighted by molar-refractivity contribution is 0.0950. The Morgan fingerprint density at radius 3 is 2.39 bits per heavy atom. The lowest BCUT2D eigenvalue weighted by atomic mass is 10.1. The molecule has 0 spiro atoms. The quantitative estimate of drug-likeness (QED) is 0.669. The summed E-state index contributed by atoms with van der Waals surface area (Å²) < 4.78 is 28.2. The van der Waals surface area contributed by atoms with Crippen LogP contribution in [0.5, 0.6) is 0 Å². The second kappa shape index (κ2) is 7.90. The van der Waals surface area contributed by atoms with Crippen molar-refractivity contribution in [1.82, 2.24) is 14.2 Å². The highest BCUT2D eigenvalue weighted by molar-refractivity contribution is 7.89.